The van der Waals surface area contributed by atoms with Crippen LogP contribution < -0.4 is 0 Å². The zero-order valence-corrected chi connectivity index (χ0v) is 8.85. The quantitative estimate of drug-likeness (QED) is 0.576. The van der Waals surface area contributed by atoms with Crippen LogP contribution in [0.2, 0.25) is 0 Å². The van der Waals surface area contributed by atoms with E-state index in [1.54, 1.807) is 7.11 Å². The first-order valence-corrected chi connectivity index (χ1v) is 4.69. The summed E-state index contributed by atoms with van der Waals surface area (Å²) in [5, 5.41) is 0. The second-order valence-corrected chi connectivity index (χ2v) is 4.01. The minimum absolute atomic E-state index is 0.0151. The number of rotatable bonds is 6. The maximum atomic E-state index is 5.57. The van der Waals surface area contributed by atoms with Crippen molar-refractivity contribution in [3.05, 3.63) is 0 Å². The lowest BCUT2D eigenvalue weighted by molar-refractivity contribution is -0.00514. The van der Waals surface area contributed by atoms with Crippen LogP contribution in [-0.2, 0) is 9.47 Å². The van der Waals surface area contributed by atoms with Gasteiger partial charge in [0, 0.05) is 20.3 Å². The molecule has 0 aromatic carbocycles. The molecule has 0 unspecified atom stereocenters. The molecule has 0 atom stereocenters. The summed E-state index contributed by atoms with van der Waals surface area (Å²) in [6, 6.07) is 0. The SMILES string of the molecule is COCCCCCOC(C)(C)C. The van der Waals surface area contributed by atoms with E-state index in [-0.39, 0.29) is 5.60 Å². The van der Waals surface area contributed by atoms with Crippen molar-refractivity contribution < 1.29 is 9.47 Å². The minimum Gasteiger partial charge on any atom is -0.385 e. The van der Waals surface area contributed by atoms with Gasteiger partial charge >= 0.3 is 0 Å². The summed E-state index contributed by atoms with van der Waals surface area (Å²) in [7, 11) is 1.74. The largest absolute Gasteiger partial charge is 0.385 e. The molecule has 12 heavy (non-hydrogen) atoms. The molecule has 0 fully saturated rings. The molecule has 0 amide bonds. The second kappa shape index (κ2) is 6.44. The van der Waals surface area contributed by atoms with E-state index in [4.69, 9.17) is 9.47 Å². The van der Waals surface area contributed by atoms with Crippen LogP contribution in [0.15, 0.2) is 0 Å². The van der Waals surface area contributed by atoms with Gasteiger partial charge in [0.2, 0.25) is 0 Å². The van der Waals surface area contributed by atoms with Crippen LogP contribution in [0.25, 0.3) is 0 Å². The number of unbranched alkanes of at least 4 members (excludes halogenated alkanes) is 2. The van der Waals surface area contributed by atoms with Crippen LogP contribution >= 0.6 is 0 Å². The molecular formula is C10H22O2. The summed E-state index contributed by atoms with van der Waals surface area (Å²) >= 11 is 0. The Morgan fingerprint density at radius 1 is 0.917 bits per heavy atom. The van der Waals surface area contributed by atoms with Gasteiger partial charge in [-0.3, -0.25) is 0 Å². The van der Waals surface area contributed by atoms with Crippen molar-refractivity contribution in [3.8, 4) is 0 Å². The molecule has 0 heterocycles. The van der Waals surface area contributed by atoms with E-state index >= 15 is 0 Å². The number of hydrogen-bond acceptors (Lipinski definition) is 2. The highest BCUT2D eigenvalue weighted by Gasteiger charge is 2.08. The summed E-state index contributed by atoms with van der Waals surface area (Å²) in [5.41, 5.74) is 0.0151. The third-order valence-electron chi connectivity index (χ3n) is 1.53. The zero-order valence-electron chi connectivity index (χ0n) is 8.85. The smallest absolute Gasteiger partial charge is 0.0598 e. The molecule has 0 saturated carbocycles. The second-order valence-electron chi connectivity index (χ2n) is 4.01. The highest BCUT2D eigenvalue weighted by Crippen LogP contribution is 2.08. The summed E-state index contributed by atoms with van der Waals surface area (Å²) < 4.78 is 10.5. The highest BCUT2D eigenvalue weighted by atomic mass is 16.5. The average molecular weight is 174 g/mol. The highest BCUT2D eigenvalue weighted by molar-refractivity contribution is 4.58. The third kappa shape index (κ3) is 9.92. The lowest BCUT2D eigenvalue weighted by Crippen LogP contribution is -2.19. The average Bonchev–Trinajstić information content (AvgIpc) is 1.94. The first-order valence-electron chi connectivity index (χ1n) is 4.69. The topological polar surface area (TPSA) is 18.5 Å². The molecule has 74 valence electrons. The molecule has 0 aromatic heterocycles. The Kier molecular flexibility index (Phi) is 6.39. The van der Waals surface area contributed by atoms with Crippen LogP contribution in [0.5, 0.6) is 0 Å². The molecule has 2 heteroatoms. The Balaban J connectivity index is 3.01. The number of ether oxygens (including phenoxy) is 2. The Morgan fingerprint density at radius 2 is 1.50 bits per heavy atom. The molecule has 0 rings (SSSR count). The fourth-order valence-electron chi connectivity index (χ4n) is 0.904. The molecule has 0 aliphatic carbocycles. The Labute approximate surface area is 76.3 Å². The third-order valence-corrected chi connectivity index (χ3v) is 1.53. The van der Waals surface area contributed by atoms with Crippen LogP contribution in [0.1, 0.15) is 40.0 Å². The van der Waals surface area contributed by atoms with Gasteiger partial charge in [-0.05, 0) is 40.0 Å². The monoisotopic (exact) mass is 174 g/mol. The number of hydrogen-bond donors (Lipinski definition) is 0. The van der Waals surface area contributed by atoms with Crippen molar-refractivity contribution in [1.29, 1.82) is 0 Å². The predicted molar refractivity (Wildman–Crippen MR) is 51.4 cm³/mol. The molecule has 2 nitrogen and oxygen atoms in total. The van der Waals surface area contributed by atoms with Crippen molar-refractivity contribution in [1.82, 2.24) is 0 Å². The summed E-state index contributed by atoms with van der Waals surface area (Å²) in [5.74, 6) is 0. The van der Waals surface area contributed by atoms with Gasteiger partial charge < -0.3 is 9.47 Å². The van der Waals surface area contributed by atoms with Crippen molar-refractivity contribution in [2.24, 2.45) is 0 Å². The van der Waals surface area contributed by atoms with Gasteiger partial charge in [0.25, 0.3) is 0 Å². The maximum Gasteiger partial charge on any atom is 0.0598 e. The van der Waals surface area contributed by atoms with Crippen LogP contribution in [0.4, 0.5) is 0 Å². The van der Waals surface area contributed by atoms with Crippen LogP contribution in [0, 0.1) is 0 Å². The van der Waals surface area contributed by atoms with E-state index < -0.39 is 0 Å². The molecule has 0 aliphatic heterocycles. The Bertz CT molecular complexity index is 94.5. The van der Waals surface area contributed by atoms with Crippen molar-refractivity contribution >= 4 is 0 Å². The summed E-state index contributed by atoms with van der Waals surface area (Å²) in [4.78, 5) is 0. The first kappa shape index (κ1) is 11.9. The van der Waals surface area contributed by atoms with Gasteiger partial charge in [0.05, 0.1) is 5.60 Å². The van der Waals surface area contributed by atoms with Gasteiger partial charge in [-0.2, -0.15) is 0 Å². The molecule has 0 aromatic rings. The van der Waals surface area contributed by atoms with Crippen molar-refractivity contribution in [2.45, 2.75) is 45.6 Å². The van der Waals surface area contributed by atoms with Crippen molar-refractivity contribution in [2.75, 3.05) is 20.3 Å². The molecular weight excluding hydrogens is 152 g/mol. The van der Waals surface area contributed by atoms with Gasteiger partial charge in [0.15, 0.2) is 0 Å². The fraction of sp³-hybridized carbons (Fsp3) is 1.00. The molecule has 0 bridgehead atoms. The van der Waals surface area contributed by atoms with E-state index in [0.717, 1.165) is 26.1 Å². The lowest BCUT2D eigenvalue weighted by atomic mass is 10.2. The van der Waals surface area contributed by atoms with E-state index in [1.165, 1.54) is 6.42 Å². The maximum absolute atomic E-state index is 5.57. The van der Waals surface area contributed by atoms with E-state index in [9.17, 15) is 0 Å². The van der Waals surface area contributed by atoms with Crippen molar-refractivity contribution in [3.63, 3.8) is 0 Å². The summed E-state index contributed by atoms with van der Waals surface area (Å²) in [6.07, 6.45) is 3.48. The van der Waals surface area contributed by atoms with Gasteiger partial charge in [0.1, 0.15) is 0 Å². The molecule has 0 N–H and O–H groups in total. The molecule has 0 saturated heterocycles. The predicted octanol–water partition coefficient (Wildman–Crippen LogP) is 2.62. The van der Waals surface area contributed by atoms with Crippen LogP contribution in [0.3, 0.4) is 0 Å². The van der Waals surface area contributed by atoms with Gasteiger partial charge in [-0.15, -0.1) is 0 Å². The standard InChI is InChI=1S/C10H22O2/c1-10(2,3)12-9-7-5-6-8-11-4/h5-9H2,1-4H3. The van der Waals surface area contributed by atoms with Crippen LogP contribution in [-0.4, -0.2) is 25.9 Å². The van der Waals surface area contributed by atoms with E-state index in [1.807, 2.05) is 0 Å². The van der Waals surface area contributed by atoms with Gasteiger partial charge in [-0.25, -0.2) is 0 Å². The fourth-order valence-corrected chi connectivity index (χ4v) is 0.904. The molecule has 0 spiro atoms. The number of methoxy groups -OCH3 is 1. The Morgan fingerprint density at radius 3 is 2.00 bits per heavy atom. The van der Waals surface area contributed by atoms with E-state index in [2.05, 4.69) is 20.8 Å². The zero-order chi connectivity index (χ0) is 9.45. The summed E-state index contributed by atoms with van der Waals surface area (Å²) in [6.45, 7) is 8.00. The normalized spacial score (nSPS) is 12.0. The molecule has 0 radical (unpaired) electrons. The molecule has 0 aliphatic rings. The van der Waals surface area contributed by atoms with Gasteiger partial charge in [-0.1, -0.05) is 0 Å². The first-order chi connectivity index (χ1) is 5.56. The minimum atomic E-state index is 0.0151. The Hall–Kier alpha value is -0.0800. The lowest BCUT2D eigenvalue weighted by Gasteiger charge is -2.19. The van der Waals surface area contributed by atoms with E-state index in [0.29, 0.717) is 0 Å².